The van der Waals surface area contributed by atoms with Gasteiger partial charge in [-0.15, -0.1) is 11.3 Å². The largest absolute Gasteiger partial charge is 0.350 e. The highest BCUT2D eigenvalue weighted by Crippen LogP contribution is 2.25. The van der Waals surface area contributed by atoms with E-state index < -0.39 is 0 Å². The van der Waals surface area contributed by atoms with Crippen molar-refractivity contribution >= 4 is 38.9 Å². The van der Waals surface area contributed by atoms with E-state index in [2.05, 4.69) is 23.3 Å². The molecule has 4 rings (SSSR count). The van der Waals surface area contributed by atoms with E-state index in [9.17, 15) is 4.79 Å². The van der Waals surface area contributed by atoms with Crippen molar-refractivity contribution in [3.8, 4) is 0 Å². The Hall–Kier alpha value is -1.88. The lowest BCUT2D eigenvalue weighted by Gasteiger charge is -2.34. The highest BCUT2D eigenvalue weighted by molar-refractivity contribution is 7.17. The minimum absolute atomic E-state index is 0.0154. The van der Waals surface area contributed by atoms with Crippen LogP contribution in [-0.2, 0) is 13.0 Å². The number of hydrogen-bond acceptors (Lipinski definition) is 3. The predicted octanol–water partition coefficient (Wildman–Crippen LogP) is 4.34. The van der Waals surface area contributed by atoms with E-state index in [0.29, 0.717) is 12.1 Å². The molecule has 2 heterocycles. The van der Waals surface area contributed by atoms with Crippen molar-refractivity contribution < 1.29 is 4.79 Å². The molecule has 0 saturated heterocycles. The molecule has 1 aliphatic heterocycles. The van der Waals surface area contributed by atoms with Crippen LogP contribution >= 0.6 is 22.9 Å². The third-order valence-corrected chi connectivity index (χ3v) is 6.01. The number of carbonyl (C=O) groups excluding carboxylic acids is 1. The second kappa shape index (κ2) is 6.79. The fraction of sp³-hybridized carbons (Fsp3) is 0.250. The summed E-state index contributed by atoms with van der Waals surface area (Å²) in [6.07, 6.45) is 0.899. The standard InChI is InChI=1S/C20H19ClN2OS/c1-23-12-15-2-4-17(21)9-16(15)10-18(23)11-22-20(24)14-3-5-19-13(8-14)6-7-25-19/h2-9,18H,10-12H2,1H3,(H,22,24)/t18-/m1/s1. The summed E-state index contributed by atoms with van der Waals surface area (Å²) >= 11 is 7.81. The van der Waals surface area contributed by atoms with Gasteiger partial charge in [-0.25, -0.2) is 0 Å². The number of amides is 1. The molecule has 0 bridgehead atoms. The summed E-state index contributed by atoms with van der Waals surface area (Å²) in [4.78, 5) is 14.8. The molecule has 128 valence electrons. The summed E-state index contributed by atoms with van der Waals surface area (Å²) in [5.41, 5.74) is 3.31. The van der Waals surface area contributed by atoms with Crippen LogP contribution in [-0.4, -0.2) is 30.4 Å². The number of hydrogen-bond donors (Lipinski definition) is 1. The molecule has 0 radical (unpaired) electrons. The van der Waals surface area contributed by atoms with Crippen molar-refractivity contribution in [3.05, 3.63) is 69.6 Å². The summed E-state index contributed by atoms with van der Waals surface area (Å²) in [5, 5.41) is 7.03. The number of fused-ring (bicyclic) bond motifs is 2. The smallest absolute Gasteiger partial charge is 0.251 e. The Balaban J connectivity index is 1.44. The Bertz CT molecular complexity index is 936. The van der Waals surface area contributed by atoms with Crippen LogP contribution in [0.15, 0.2) is 47.8 Å². The van der Waals surface area contributed by atoms with Crippen molar-refractivity contribution in [2.45, 2.75) is 19.0 Å². The average molecular weight is 371 g/mol. The van der Waals surface area contributed by atoms with Crippen molar-refractivity contribution in [2.75, 3.05) is 13.6 Å². The molecule has 1 atom stereocenters. The number of nitrogens with one attached hydrogen (secondary N) is 1. The molecule has 1 aromatic heterocycles. The lowest BCUT2D eigenvalue weighted by atomic mass is 9.94. The van der Waals surface area contributed by atoms with Gasteiger partial charge in [0, 0.05) is 34.4 Å². The lowest BCUT2D eigenvalue weighted by Crippen LogP contribution is -2.45. The predicted molar refractivity (Wildman–Crippen MR) is 105 cm³/mol. The first-order chi connectivity index (χ1) is 12.1. The molecule has 1 aliphatic rings. The number of benzene rings is 2. The molecule has 25 heavy (non-hydrogen) atoms. The topological polar surface area (TPSA) is 32.3 Å². The van der Waals surface area contributed by atoms with Crippen LogP contribution < -0.4 is 5.32 Å². The number of carbonyl (C=O) groups is 1. The van der Waals surface area contributed by atoms with Crippen LogP contribution in [0.4, 0.5) is 0 Å². The third-order valence-electron chi connectivity index (χ3n) is 4.88. The van der Waals surface area contributed by atoms with Gasteiger partial charge in [0.2, 0.25) is 0 Å². The Kier molecular flexibility index (Phi) is 4.50. The number of halogens is 1. The molecule has 1 amide bonds. The highest BCUT2D eigenvalue weighted by atomic mass is 35.5. The van der Waals surface area contributed by atoms with Gasteiger partial charge in [0.1, 0.15) is 0 Å². The SMILES string of the molecule is CN1Cc2ccc(Cl)cc2C[C@@H]1CNC(=O)c1ccc2sccc2c1. The Morgan fingerprint density at radius 3 is 3.00 bits per heavy atom. The molecule has 0 spiro atoms. The minimum Gasteiger partial charge on any atom is -0.350 e. The van der Waals surface area contributed by atoms with E-state index in [0.717, 1.165) is 23.4 Å². The van der Waals surface area contributed by atoms with Crippen molar-refractivity contribution in [2.24, 2.45) is 0 Å². The number of thiophene rings is 1. The maximum atomic E-state index is 12.5. The summed E-state index contributed by atoms with van der Waals surface area (Å²) in [5.74, 6) is -0.0154. The fourth-order valence-corrected chi connectivity index (χ4v) is 4.36. The van der Waals surface area contributed by atoms with Gasteiger partial charge in [0.05, 0.1) is 0 Å². The Morgan fingerprint density at radius 1 is 1.24 bits per heavy atom. The van der Waals surface area contributed by atoms with E-state index >= 15 is 0 Å². The third kappa shape index (κ3) is 3.43. The molecule has 0 fully saturated rings. The van der Waals surface area contributed by atoms with Crippen LogP contribution in [0.1, 0.15) is 21.5 Å². The monoisotopic (exact) mass is 370 g/mol. The lowest BCUT2D eigenvalue weighted by molar-refractivity contribution is 0.0934. The Morgan fingerprint density at radius 2 is 2.12 bits per heavy atom. The zero-order valence-corrected chi connectivity index (χ0v) is 15.5. The van der Waals surface area contributed by atoms with E-state index in [4.69, 9.17) is 11.6 Å². The van der Waals surface area contributed by atoms with Gasteiger partial charge in [-0.05, 0) is 71.8 Å². The maximum absolute atomic E-state index is 12.5. The molecule has 1 N–H and O–H groups in total. The van der Waals surface area contributed by atoms with Crippen molar-refractivity contribution in [1.29, 1.82) is 0 Å². The van der Waals surface area contributed by atoms with Crippen molar-refractivity contribution in [1.82, 2.24) is 10.2 Å². The van der Waals surface area contributed by atoms with Crippen LogP contribution in [0.2, 0.25) is 5.02 Å². The van der Waals surface area contributed by atoms with Gasteiger partial charge < -0.3 is 5.32 Å². The molecule has 5 heteroatoms. The maximum Gasteiger partial charge on any atom is 0.251 e. The molecule has 0 aliphatic carbocycles. The minimum atomic E-state index is -0.0154. The molecule has 2 aromatic carbocycles. The zero-order valence-electron chi connectivity index (χ0n) is 14.0. The zero-order chi connectivity index (χ0) is 17.4. The summed E-state index contributed by atoms with van der Waals surface area (Å²) < 4.78 is 1.21. The van der Waals surface area contributed by atoms with Crippen LogP contribution in [0.25, 0.3) is 10.1 Å². The van der Waals surface area contributed by atoms with Crippen LogP contribution in [0, 0.1) is 0 Å². The summed E-state index contributed by atoms with van der Waals surface area (Å²) in [7, 11) is 2.10. The first kappa shape index (κ1) is 16.6. The van der Waals surface area contributed by atoms with Gasteiger partial charge in [0.25, 0.3) is 5.91 Å². The quantitative estimate of drug-likeness (QED) is 0.743. The first-order valence-corrected chi connectivity index (χ1v) is 9.59. The van der Waals surface area contributed by atoms with Gasteiger partial charge >= 0.3 is 0 Å². The molecule has 0 unspecified atom stereocenters. The summed E-state index contributed by atoms with van der Waals surface area (Å²) in [6, 6.07) is 14.3. The molecule has 3 aromatic rings. The fourth-order valence-electron chi connectivity index (χ4n) is 3.39. The number of likely N-dealkylation sites (N-methyl/N-ethyl adjacent to an activating group) is 1. The van der Waals surface area contributed by atoms with Crippen LogP contribution in [0.5, 0.6) is 0 Å². The molecule has 3 nitrogen and oxygen atoms in total. The second-order valence-corrected chi connectivity index (χ2v) is 7.95. The van der Waals surface area contributed by atoms with E-state index in [1.54, 1.807) is 11.3 Å². The average Bonchev–Trinajstić information content (AvgIpc) is 3.07. The molecule has 0 saturated carbocycles. The first-order valence-electron chi connectivity index (χ1n) is 8.33. The van der Waals surface area contributed by atoms with E-state index in [-0.39, 0.29) is 11.9 Å². The van der Waals surface area contributed by atoms with Crippen LogP contribution in [0.3, 0.4) is 0 Å². The normalized spacial score (nSPS) is 17.4. The molecular weight excluding hydrogens is 352 g/mol. The van der Waals surface area contributed by atoms with Gasteiger partial charge in [-0.1, -0.05) is 17.7 Å². The van der Waals surface area contributed by atoms with E-state index in [1.165, 1.54) is 15.8 Å². The molecular formula is C20H19ClN2OS. The Labute approximate surface area is 156 Å². The van der Waals surface area contributed by atoms with Crippen molar-refractivity contribution in [3.63, 3.8) is 0 Å². The summed E-state index contributed by atoms with van der Waals surface area (Å²) in [6.45, 7) is 1.51. The van der Waals surface area contributed by atoms with Gasteiger partial charge in [-0.2, -0.15) is 0 Å². The van der Waals surface area contributed by atoms with Gasteiger partial charge in [0.15, 0.2) is 0 Å². The number of nitrogens with zero attached hydrogens (tertiary/aromatic N) is 1. The highest BCUT2D eigenvalue weighted by Gasteiger charge is 2.24. The van der Waals surface area contributed by atoms with Gasteiger partial charge in [-0.3, -0.25) is 9.69 Å². The second-order valence-electron chi connectivity index (χ2n) is 6.57. The number of rotatable bonds is 3. The van der Waals surface area contributed by atoms with E-state index in [1.807, 2.05) is 41.8 Å².